The third kappa shape index (κ3) is 2.98. The van der Waals surface area contributed by atoms with Gasteiger partial charge in [0.1, 0.15) is 12.2 Å². The molecule has 3 heterocycles. The van der Waals surface area contributed by atoms with Crippen LogP contribution in [0.4, 0.5) is 16.2 Å². The highest BCUT2D eigenvalue weighted by Crippen LogP contribution is 2.43. The van der Waals surface area contributed by atoms with Gasteiger partial charge in [0, 0.05) is 10.6 Å². The number of ketones is 1. The molecule has 1 aliphatic heterocycles. The fraction of sp³-hybridized carbons (Fsp3) is 0.0556. The van der Waals surface area contributed by atoms with Crippen molar-refractivity contribution in [2.24, 2.45) is 0 Å². The third-order valence-electron chi connectivity index (χ3n) is 4.07. The number of thiophene rings is 1. The van der Waals surface area contributed by atoms with E-state index in [1.807, 2.05) is 0 Å². The van der Waals surface area contributed by atoms with Gasteiger partial charge in [-0.3, -0.25) is 9.59 Å². The Hall–Kier alpha value is -3.10. The molecule has 27 heavy (non-hydrogen) atoms. The first-order valence-electron chi connectivity index (χ1n) is 7.84. The van der Waals surface area contributed by atoms with Gasteiger partial charge in [0.25, 0.3) is 5.91 Å². The van der Waals surface area contributed by atoms with E-state index in [0.29, 0.717) is 16.1 Å². The number of imide groups is 1. The maximum absolute atomic E-state index is 13.0. The molecule has 0 bridgehead atoms. The first-order chi connectivity index (χ1) is 13.1. The second-order valence-corrected chi connectivity index (χ2v) is 7.03. The van der Waals surface area contributed by atoms with Crippen molar-refractivity contribution in [3.63, 3.8) is 0 Å². The van der Waals surface area contributed by atoms with Crippen LogP contribution < -0.4 is 10.2 Å². The summed E-state index contributed by atoms with van der Waals surface area (Å²) in [6.45, 7) is 0. The first-order valence-corrected chi connectivity index (χ1v) is 9.10. The number of nitrogens with one attached hydrogen (secondary N) is 1. The molecule has 4 rings (SSSR count). The summed E-state index contributed by atoms with van der Waals surface area (Å²) in [5.74, 6) is -2.20. The number of amides is 3. The summed E-state index contributed by atoms with van der Waals surface area (Å²) in [4.78, 5) is 47.7. The molecule has 1 unspecified atom stereocenters. The van der Waals surface area contributed by atoms with Crippen LogP contribution in [-0.4, -0.2) is 27.7 Å². The van der Waals surface area contributed by atoms with Crippen molar-refractivity contribution >= 4 is 52.0 Å². The Bertz CT molecular complexity index is 1040. The van der Waals surface area contributed by atoms with Gasteiger partial charge in [-0.25, -0.2) is 19.7 Å². The SMILES string of the molecule is O=C(c1cccs1)C1C(=O)N(C(=O)Nc2cncnc2)c2cccc(Cl)c21. The van der Waals surface area contributed by atoms with Gasteiger partial charge in [-0.2, -0.15) is 0 Å². The molecule has 0 radical (unpaired) electrons. The summed E-state index contributed by atoms with van der Waals surface area (Å²) < 4.78 is 0. The van der Waals surface area contributed by atoms with Crippen LogP contribution in [0.15, 0.2) is 54.4 Å². The van der Waals surface area contributed by atoms with Crippen LogP contribution in [0.25, 0.3) is 0 Å². The smallest absolute Gasteiger partial charge is 0.304 e. The number of urea groups is 1. The molecule has 0 saturated carbocycles. The van der Waals surface area contributed by atoms with Crippen molar-refractivity contribution in [2.75, 3.05) is 10.2 Å². The molecule has 1 atom stereocenters. The lowest BCUT2D eigenvalue weighted by atomic mass is 9.95. The molecule has 0 spiro atoms. The van der Waals surface area contributed by atoms with E-state index in [4.69, 9.17) is 11.6 Å². The molecule has 0 aliphatic carbocycles. The van der Waals surface area contributed by atoms with Crippen molar-refractivity contribution in [1.82, 2.24) is 9.97 Å². The normalized spacial score (nSPS) is 15.5. The number of hydrogen-bond acceptors (Lipinski definition) is 6. The minimum Gasteiger partial charge on any atom is -0.304 e. The predicted molar refractivity (Wildman–Crippen MR) is 101 cm³/mol. The van der Waals surface area contributed by atoms with Crippen molar-refractivity contribution in [2.45, 2.75) is 5.92 Å². The van der Waals surface area contributed by atoms with Crippen LogP contribution in [0, 0.1) is 0 Å². The second kappa shape index (κ2) is 6.90. The van der Waals surface area contributed by atoms with Gasteiger partial charge in [0.05, 0.1) is 28.6 Å². The van der Waals surface area contributed by atoms with E-state index in [-0.39, 0.29) is 16.5 Å². The number of anilines is 2. The van der Waals surface area contributed by atoms with Gasteiger partial charge in [0.2, 0.25) is 0 Å². The molecule has 0 saturated heterocycles. The van der Waals surface area contributed by atoms with Crippen molar-refractivity contribution < 1.29 is 14.4 Å². The average Bonchev–Trinajstić information content (AvgIpc) is 3.29. The number of halogens is 1. The molecule has 7 nitrogen and oxygen atoms in total. The molecule has 0 fully saturated rings. The number of fused-ring (bicyclic) bond motifs is 1. The summed E-state index contributed by atoms with van der Waals surface area (Å²) in [5.41, 5.74) is 0.950. The molecule has 134 valence electrons. The van der Waals surface area contributed by atoms with Gasteiger partial charge in [-0.05, 0) is 23.6 Å². The molecule has 9 heteroatoms. The van der Waals surface area contributed by atoms with E-state index >= 15 is 0 Å². The van der Waals surface area contributed by atoms with E-state index in [1.165, 1.54) is 30.1 Å². The van der Waals surface area contributed by atoms with Gasteiger partial charge in [0.15, 0.2) is 5.78 Å². The standard InChI is InChI=1S/C18H11ClN4O3S/c19-11-3-1-4-12-14(11)15(16(24)13-5-2-6-27-13)17(25)23(12)18(26)22-10-7-20-9-21-8-10/h1-9,15H,(H,22,26). The summed E-state index contributed by atoms with van der Waals surface area (Å²) in [7, 11) is 0. The Morgan fingerprint density at radius 1 is 1.15 bits per heavy atom. The minimum atomic E-state index is -1.16. The van der Waals surface area contributed by atoms with Gasteiger partial charge in [-0.1, -0.05) is 23.7 Å². The lowest BCUT2D eigenvalue weighted by Gasteiger charge is -2.16. The van der Waals surface area contributed by atoms with Crippen LogP contribution in [-0.2, 0) is 4.79 Å². The van der Waals surface area contributed by atoms with E-state index in [2.05, 4.69) is 15.3 Å². The highest BCUT2D eigenvalue weighted by Gasteiger charge is 2.46. The van der Waals surface area contributed by atoms with Gasteiger partial charge >= 0.3 is 6.03 Å². The molecule has 1 aliphatic rings. The van der Waals surface area contributed by atoms with E-state index < -0.39 is 17.9 Å². The van der Waals surface area contributed by atoms with Crippen molar-refractivity contribution in [3.8, 4) is 0 Å². The van der Waals surface area contributed by atoms with E-state index in [0.717, 1.165) is 4.90 Å². The number of rotatable bonds is 3. The Balaban J connectivity index is 1.74. The Kier molecular flexibility index (Phi) is 4.43. The lowest BCUT2D eigenvalue weighted by molar-refractivity contribution is -0.117. The molecular formula is C18H11ClN4O3S. The van der Waals surface area contributed by atoms with Crippen LogP contribution in [0.1, 0.15) is 21.2 Å². The van der Waals surface area contributed by atoms with E-state index in [9.17, 15) is 14.4 Å². The number of nitrogens with zero attached hydrogens (tertiary/aromatic N) is 3. The molecule has 1 N–H and O–H groups in total. The zero-order valence-corrected chi connectivity index (χ0v) is 15.2. The Morgan fingerprint density at radius 2 is 1.93 bits per heavy atom. The summed E-state index contributed by atoms with van der Waals surface area (Å²) in [5, 5.41) is 4.57. The second-order valence-electron chi connectivity index (χ2n) is 5.68. The van der Waals surface area contributed by atoms with Crippen LogP contribution in [0.3, 0.4) is 0 Å². The first kappa shape index (κ1) is 17.3. The van der Waals surface area contributed by atoms with Gasteiger partial charge < -0.3 is 5.32 Å². The Morgan fingerprint density at radius 3 is 2.63 bits per heavy atom. The maximum atomic E-state index is 13.0. The average molecular weight is 399 g/mol. The minimum absolute atomic E-state index is 0.258. The number of hydrogen-bond donors (Lipinski definition) is 1. The fourth-order valence-electron chi connectivity index (χ4n) is 2.93. The lowest BCUT2D eigenvalue weighted by Crippen LogP contribution is -2.39. The number of aromatic nitrogens is 2. The number of benzene rings is 1. The molecule has 3 amide bonds. The number of Topliss-reactive ketones (excluding diaryl/α,β-unsaturated/α-hetero) is 1. The zero-order valence-electron chi connectivity index (χ0n) is 13.6. The van der Waals surface area contributed by atoms with Gasteiger partial charge in [-0.15, -0.1) is 11.3 Å². The molecule has 3 aromatic rings. The molecule has 2 aromatic heterocycles. The Labute approximate surface area is 162 Å². The summed E-state index contributed by atoms with van der Waals surface area (Å²) in [6, 6.07) is 7.46. The van der Waals surface area contributed by atoms with Crippen LogP contribution in [0.2, 0.25) is 5.02 Å². The van der Waals surface area contributed by atoms with Crippen molar-refractivity contribution in [1.29, 1.82) is 0 Å². The maximum Gasteiger partial charge on any atom is 0.333 e. The molecule has 1 aromatic carbocycles. The zero-order chi connectivity index (χ0) is 19.0. The van der Waals surface area contributed by atoms with Crippen LogP contribution in [0.5, 0.6) is 0 Å². The monoisotopic (exact) mass is 398 g/mol. The predicted octanol–water partition coefficient (Wildman–Crippen LogP) is 3.74. The summed E-state index contributed by atoms with van der Waals surface area (Å²) in [6.07, 6.45) is 4.12. The number of carbonyl (C=O) groups excluding carboxylic acids is 3. The highest BCUT2D eigenvalue weighted by atomic mass is 35.5. The fourth-order valence-corrected chi connectivity index (χ4v) is 3.91. The topological polar surface area (TPSA) is 92.3 Å². The highest BCUT2D eigenvalue weighted by molar-refractivity contribution is 7.12. The third-order valence-corrected chi connectivity index (χ3v) is 5.28. The quantitative estimate of drug-likeness (QED) is 0.536. The number of carbonyl (C=O) groups is 3. The summed E-state index contributed by atoms with van der Waals surface area (Å²) >= 11 is 7.52. The molecular weight excluding hydrogens is 388 g/mol. The van der Waals surface area contributed by atoms with E-state index in [1.54, 1.807) is 35.7 Å². The van der Waals surface area contributed by atoms with Crippen molar-refractivity contribution in [3.05, 3.63) is 69.9 Å². The largest absolute Gasteiger partial charge is 0.333 e. The van der Waals surface area contributed by atoms with Crippen LogP contribution >= 0.6 is 22.9 Å².